The van der Waals surface area contributed by atoms with E-state index in [1.807, 2.05) is 12.1 Å². The Morgan fingerprint density at radius 2 is 1.84 bits per heavy atom. The third-order valence-corrected chi connectivity index (χ3v) is 4.07. The number of carbonyl (C=O) groups is 1. The Kier molecular flexibility index (Phi) is 4.25. The summed E-state index contributed by atoms with van der Waals surface area (Å²) >= 11 is 0.920. The number of benzene rings is 2. The molecular weight excluding hydrogens is 348 g/mol. The molecule has 0 aliphatic rings. The fourth-order valence-electron chi connectivity index (χ4n) is 2.08. The lowest BCUT2D eigenvalue weighted by Gasteiger charge is -2.06. The van der Waals surface area contributed by atoms with Crippen molar-refractivity contribution < 1.29 is 13.6 Å². The van der Waals surface area contributed by atoms with E-state index in [0.717, 1.165) is 17.4 Å². The van der Waals surface area contributed by atoms with Crippen LogP contribution in [0.5, 0.6) is 0 Å². The monoisotopic (exact) mass is 355 g/mol. The zero-order valence-electron chi connectivity index (χ0n) is 12.3. The molecular formula is C16H7F2N5OS. The molecule has 2 amide bonds. The minimum Gasteiger partial charge on any atom is -0.308 e. The van der Waals surface area contributed by atoms with Crippen LogP contribution in [0, 0.1) is 34.3 Å². The normalized spacial score (nSPS) is 10.1. The van der Waals surface area contributed by atoms with E-state index < -0.39 is 17.7 Å². The van der Waals surface area contributed by atoms with E-state index in [-0.39, 0.29) is 26.5 Å². The van der Waals surface area contributed by atoms with Crippen molar-refractivity contribution in [3.8, 4) is 12.1 Å². The quantitative estimate of drug-likeness (QED) is 0.726. The van der Waals surface area contributed by atoms with Crippen LogP contribution in [0.15, 0.2) is 30.3 Å². The summed E-state index contributed by atoms with van der Waals surface area (Å²) in [5.74, 6) is -1.54. The Bertz CT molecular complexity index is 1080. The predicted octanol–water partition coefficient (Wildman–Crippen LogP) is 3.96. The molecule has 9 heteroatoms. The van der Waals surface area contributed by atoms with E-state index in [1.54, 1.807) is 0 Å². The highest BCUT2D eigenvalue weighted by atomic mass is 32.1. The number of nitriles is 2. The van der Waals surface area contributed by atoms with Gasteiger partial charge in [0.25, 0.3) is 0 Å². The number of urea groups is 1. The average molecular weight is 355 g/mol. The van der Waals surface area contributed by atoms with Gasteiger partial charge in [0.1, 0.15) is 23.5 Å². The highest BCUT2D eigenvalue weighted by molar-refractivity contribution is 7.22. The van der Waals surface area contributed by atoms with Crippen LogP contribution in [0.25, 0.3) is 10.2 Å². The van der Waals surface area contributed by atoms with E-state index in [2.05, 4.69) is 15.6 Å². The van der Waals surface area contributed by atoms with Gasteiger partial charge in [0, 0.05) is 11.8 Å². The van der Waals surface area contributed by atoms with Gasteiger partial charge in [-0.05, 0) is 24.3 Å². The lowest BCUT2D eigenvalue weighted by molar-refractivity contribution is 0.262. The number of nitrogens with one attached hydrogen (secondary N) is 2. The number of carbonyl (C=O) groups excluding carboxylic acids is 1. The zero-order chi connectivity index (χ0) is 18.0. The molecule has 25 heavy (non-hydrogen) atoms. The Morgan fingerprint density at radius 1 is 1.08 bits per heavy atom. The molecule has 0 bridgehead atoms. The van der Waals surface area contributed by atoms with Crippen LogP contribution in [0.2, 0.25) is 0 Å². The maximum atomic E-state index is 13.6. The number of hydrogen-bond acceptors (Lipinski definition) is 5. The van der Waals surface area contributed by atoms with Crippen LogP contribution < -0.4 is 10.6 Å². The molecule has 2 aromatic carbocycles. The molecule has 6 nitrogen and oxygen atoms in total. The second-order valence-corrected chi connectivity index (χ2v) is 5.85. The van der Waals surface area contributed by atoms with Gasteiger partial charge in [-0.2, -0.15) is 10.5 Å². The molecule has 0 saturated heterocycles. The smallest absolute Gasteiger partial charge is 0.308 e. The summed E-state index contributed by atoms with van der Waals surface area (Å²) in [7, 11) is 0. The number of halogens is 2. The van der Waals surface area contributed by atoms with E-state index in [4.69, 9.17) is 10.5 Å². The minimum atomic E-state index is -0.814. The second kappa shape index (κ2) is 6.51. The van der Waals surface area contributed by atoms with Crippen molar-refractivity contribution in [2.75, 3.05) is 10.6 Å². The molecule has 2 N–H and O–H groups in total. The largest absolute Gasteiger partial charge is 0.325 e. The molecule has 122 valence electrons. The Labute approximate surface area is 144 Å². The number of aromatic nitrogens is 1. The van der Waals surface area contributed by atoms with Gasteiger partial charge < -0.3 is 5.32 Å². The summed E-state index contributed by atoms with van der Waals surface area (Å²) in [4.78, 5) is 15.9. The lowest BCUT2D eigenvalue weighted by Crippen LogP contribution is -2.19. The fraction of sp³-hybridized carbons (Fsp3) is 0. The SMILES string of the molecule is N#Cc1ccc(NC(=O)Nc2nc3c(F)cc(F)cc3s2)cc1C#N. The number of anilines is 2. The van der Waals surface area contributed by atoms with Gasteiger partial charge in [-0.15, -0.1) is 0 Å². The molecule has 0 aliphatic carbocycles. The summed E-state index contributed by atoms with van der Waals surface area (Å²) < 4.78 is 27.1. The molecule has 3 aromatic rings. The summed E-state index contributed by atoms with van der Waals surface area (Å²) in [6, 6.07) is 9.11. The topological polar surface area (TPSA) is 102 Å². The summed E-state index contributed by atoms with van der Waals surface area (Å²) in [6.45, 7) is 0. The number of hydrogen-bond donors (Lipinski definition) is 2. The first-order valence-electron chi connectivity index (χ1n) is 6.78. The first kappa shape index (κ1) is 16.3. The molecule has 3 rings (SSSR count). The van der Waals surface area contributed by atoms with E-state index in [1.165, 1.54) is 18.2 Å². The van der Waals surface area contributed by atoms with Gasteiger partial charge in [-0.25, -0.2) is 18.6 Å². The molecule has 0 radical (unpaired) electrons. The number of fused-ring (bicyclic) bond motifs is 1. The van der Waals surface area contributed by atoms with Crippen LogP contribution in [-0.4, -0.2) is 11.0 Å². The van der Waals surface area contributed by atoms with Gasteiger partial charge in [0.05, 0.1) is 15.8 Å². The summed E-state index contributed by atoms with van der Waals surface area (Å²) in [6.07, 6.45) is 0. The van der Waals surface area contributed by atoms with Crippen LogP contribution >= 0.6 is 11.3 Å². The summed E-state index contributed by atoms with van der Waals surface area (Å²) in [5, 5.41) is 22.8. The van der Waals surface area contributed by atoms with Crippen molar-refractivity contribution in [1.82, 2.24) is 4.98 Å². The molecule has 1 aromatic heterocycles. The van der Waals surface area contributed by atoms with Crippen LogP contribution in [-0.2, 0) is 0 Å². The van der Waals surface area contributed by atoms with Crippen molar-refractivity contribution in [3.05, 3.63) is 53.1 Å². The maximum absolute atomic E-state index is 13.6. The standard InChI is InChI=1S/C16H7F2N5OS/c17-10-4-12(18)14-13(5-10)25-16(22-14)23-15(24)21-11-2-1-8(6-19)9(3-11)7-20/h1-5H,(H2,21,22,23,24). The van der Waals surface area contributed by atoms with Gasteiger partial charge in [0.15, 0.2) is 10.9 Å². The molecule has 0 aliphatic heterocycles. The van der Waals surface area contributed by atoms with E-state index in [9.17, 15) is 13.6 Å². The van der Waals surface area contributed by atoms with Crippen LogP contribution in [0.3, 0.4) is 0 Å². The first-order valence-corrected chi connectivity index (χ1v) is 7.59. The third kappa shape index (κ3) is 3.37. The Hall–Kier alpha value is -3.56. The van der Waals surface area contributed by atoms with Crippen molar-refractivity contribution in [2.45, 2.75) is 0 Å². The van der Waals surface area contributed by atoms with Gasteiger partial charge in [-0.1, -0.05) is 11.3 Å². The molecule has 0 saturated carbocycles. The summed E-state index contributed by atoms with van der Waals surface area (Å²) in [5.41, 5.74) is 0.577. The second-order valence-electron chi connectivity index (χ2n) is 4.82. The van der Waals surface area contributed by atoms with Crippen molar-refractivity contribution >= 4 is 38.4 Å². The van der Waals surface area contributed by atoms with Crippen LogP contribution in [0.1, 0.15) is 11.1 Å². The number of thiazole rings is 1. The molecule has 0 atom stereocenters. The van der Waals surface area contributed by atoms with E-state index >= 15 is 0 Å². The van der Waals surface area contributed by atoms with Gasteiger partial charge in [-0.3, -0.25) is 5.32 Å². The zero-order valence-corrected chi connectivity index (χ0v) is 13.1. The van der Waals surface area contributed by atoms with E-state index in [0.29, 0.717) is 11.8 Å². The Balaban J connectivity index is 1.78. The fourth-order valence-corrected chi connectivity index (χ4v) is 2.98. The molecule has 1 heterocycles. The van der Waals surface area contributed by atoms with Crippen molar-refractivity contribution in [3.63, 3.8) is 0 Å². The lowest BCUT2D eigenvalue weighted by atomic mass is 10.1. The number of rotatable bonds is 2. The average Bonchev–Trinajstić information content (AvgIpc) is 2.97. The maximum Gasteiger partial charge on any atom is 0.325 e. The Morgan fingerprint density at radius 3 is 2.56 bits per heavy atom. The molecule has 0 spiro atoms. The van der Waals surface area contributed by atoms with Crippen LogP contribution in [0.4, 0.5) is 24.4 Å². The highest BCUT2D eigenvalue weighted by Gasteiger charge is 2.13. The first-order chi connectivity index (χ1) is 12.0. The number of nitrogens with zero attached hydrogens (tertiary/aromatic N) is 3. The van der Waals surface area contributed by atoms with Gasteiger partial charge in [0.2, 0.25) is 0 Å². The van der Waals surface area contributed by atoms with Gasteiger partial charge >= 0.3 is 6.03 Å². The third-order valence-electron chi connectivity index (χ3n) is 3.15. The molecule has 0 fully saturated rings. The van der Waals surface area contributed by atoms with Crippen molar-refractivity contribution in [2.24, 2.45) is 0 Å². The number of amides is 2. The van der Waals surface area contributed by atoms with Crippen molar-refractivity contribution in [1.29, 1.82) is 10.5 Å². The minimum absolute atomic E-state index is 0.0353. The highest BCUT2D eigenvalue weighted by Crippen LogP contribution is 2.28. The molecule has 0 unspecified atom stereocenters. The predicted molar refractivity (Wildman–Crippen MR) is 88.0 cm³/mol.